The Morgan fingerprint density at radius 2 is 1.42 bits per heavy atom. The average Bonchev–Trinajstić information content (AvgIpc) is 2.77. The molecule has 0 fully saturated rings. The molecule has 2 rings (SSSR count). The Balaban J connectivity index is 2.26. The molecule has 0 radical (unpaired) electrons. The van der Waals surface area contributed by atoms with Gasteiger partial charge in [-0.3, -0.25) is 9.59 Å². The first-order chi connectivity index (χ1) is 15.8. The summed E-state index contributed by atoms with van der Waals surface area (Å²) in [5.41, 5.74) is 1.12. The fourth-order valence-corrected chi connectivity index (χ4v) is 4.38. The van der Waals surface area contributed by atoms with Crippen molar-refractivity contribution in [2.24, 2.45) is 0 Å². The van der Waals surface area contributed by atoms with Crippen molar-refractivity contribution in [3.8, 4) is 11.5 Å². The summed E-state index contributed by atoms with van der Waals surface area (Å²) in [6, 6.07) is 11.8. The first-order valence-electron chi connectivity index (χ1n) is 11.1. The number of unbranched alkanes of at least 4 members (excludes halogenated alkanes) is 2. The molecule has 33 heavy (non-hydrogen) atoms. The van der Waals surface area contributed by atoms with E-state index in [9.17, 15) is 18.0 Å². The van der Waals surface area contributed by atoms with E-state index in [1.807, 2.05) is 13.0 Å². The van der Waals surface area contributed by atoms with E-state index in [1.165, 1.54) is 6.07 Å². The van der Waals surface area contributed by atoms with Crippen LogP contribution in [-0.4, -0.2) is 45.0 Å². The number of nitrogens with one attached hydrogen (secondary N) is 2. The van der Waals surface area contributed by atoms with E-state index in [2.05, 4.69) is 10.6 Å². The molecule has 0 aliphatic rings. The van der Waals surface area contributed by atoms with E-state index in [0.717, 1.165) is 12.8 Å². The molecule has 180 valence electrons. The molecule has 0 unspecified atom stereocenters. The molecule has 9 heteroatoms. The zero-order valence-electron chi connectivity index (χ0n) is 19.3. The number of benzene rings is 2. The Hall–Kier alpha value is -3.07. The molecule has 8 nitrogen and oxygen atoms in total. The second-order valence-electron chi connectivity index (χ2n) is 7.38. The fourth-order valence-electron chi connectivity index (χ4n) is 3.12. The summed E-state index contributed by atoms with van der Waals surface area (Å²) in [7, 11) is -3.51. The monoisotopic (exact) mass is 476 g/mol. The molecule has 0 spiro atoms. The number of amides is 2. The number of carbonyl (C=O) groups excluding carboxylic acids is 2. The van der Waals surface area contributed by atoms with Crippen molar-refractivity contribution in [2.75, 3.05) is 35.4 Å². The van der Waals surface area contributed by atoms with Gasteiger partial charge in [-0.2, -0.15) is 0 Å². The Morgan fingerprint density at radius 1 is 0.848 bits per heavy atom. The molecule has 2 N–H and O–H groups in total. The van der Waals surface area contributed by atoms with Crippen molar-refractivity contribution in [3.63, 3.8) is 0 Å². The summed E-state index contributed by atoms with van der Waals surface area (Å²) in [4.78, 5) is 25.1. The molecule has 0 bridgehead atoms. The van der Waals surface area contributed by atoms with Gasteiger partial charge in [0.2, 0.25) is 5.91 Å². The summed E-state index contributed by atoms with van der Waals surface area (Å²) in [5, 5.41) is 5.42. The lowest BCUT2D eigenvalue weighted by molar-refractivity contribution is -0.113. The van der Waals surface area contributed by atoms with E-state index < -0.39 is 21.5 Å². The lowest BCUT2D eigenvalue weighted by Gasteiger charge is -2.18. The standard InChI is InChI=1S/C24H32N2O6S/c1-4-7-11-14-33(29,30)17-23(27)25-19-15-22(32-6-3)20(16-21(19)31-5-2)26-24(28)18-12-9-8-10-13-18/h8-10,12-13,15-16H,4-7,11,14,17H2,1-3H3,(H,25,27)(H,26,28). The SMILES string of the molecule is CCCCCS(=O)(=O)CC(=O)Nc1cc(OCC)c(NC(=O)c2ccccc2)cc1OCC. The van der Waals surface area contributed by atoms with Crippen LogP contribution in [0.1, 0.15) is 50.4 Å². The topological polar surface area (TPSA) is 111 Å². The van der Waals surface area contributed by atoms with Crippen molar-refractivity contribution in [1.82, 2.24) is 0 Å². The lowest BCUT2D eigenvalue weighted by atomic mass is 10.2. The Bertz CT molecular complexity index is 1040. The average molecular weight is 477 g/mol. The van der Waals surface area contributed by atoms with Gasteiger partial charge in [0.15, 0.2) is 9.84 Å². The Morgan fingerprint density at radius 3 is 1.97 bits per heavy atom. The third-order valence-electron chi connectivity index (χ3n) is 4.65. The van der Waals surface area contributed by atoms with Crippen molar-refractivity contribution in [3.05, 3.63) is 48.0 Å². The van der Waals surface area contributed by atoms with Crippen molar-refractivity contribution < 1.29 is 27.5 Å². The van der Waals surface area contributed by atoms with Gasteiger partial charge in [-0.25, -0.2) is 8.42 Å². The number of rotatable bonds is 13. The third-order valence-corrected chi connectivity index (χ3v) is 6.26. The number of ether oxygens (including phenoxy) is 2. The van der Waals surface area contributed by atoms with Gasteiger partial charge in [0.1, 0.15) is 17.3 Å². The summed E-state index contributed by atoms with van der Waals surface area (Å²) in [5.74, 6) is -1.00. The molecule has 0 saturated carbocycles. The summed E-state index contributed by atoms with van der Waals surface area (Å²) in [6.07, 6.45) is 2.22. The number of carbonyl (C=O) groups is 2. The van der Waals surface area contributed by atoms with Crippen molar-refractivity contribution in [2.45, 2.75) is 40.0 Å². The van der Waals surface area contributed by atoms with Crippen LogP contribution in [0.4, 0.5) is 11.4 Å². The highest BCUT2D eigenvalue weighted by Gasteiger charge is 2.20. The minimum absolute atomic E-state index is 0.0266. The predicted molar refractivity (Wildman–Crippen MR) is 130 cm³/mol. The van der Waals surface area contributed by atoms with Gasteiger partial charge in [-0.05, 0) is 32.4 Å². The van der Waals surface area contributed by atoms with E-state index >= 15 is 0 Å². The zero-order chi connectivity index (χ0) is 24.3. The maximum atomic E-state index is 12.6. The molecule has 0 aromatic heterocycles. The molecular weight excluding hydrogens is 444 g/mol. The highest BCUT2D eigenvalue weighted by atomic mass is 32.2. The van der Waals surface area contributed by atoms with Gasteiger partial charge in [0.25, 0.3) is 5.91 Å². The largest absolute Gasteiger partial charge is 0.492 e. The summed E-state index contributed by atoms with van der Waals surface area (Å²) < 4.78 is 35.8. The van der Waals surface area contributed by atoms with Crippen molar-refractivity contribution in [1.29, 1.82) is 0 Å². The van der Waals surface area contributed by atoms with Gasteiger partial charge in [0, 0.05) is 17.7 Å². The minimum Gasteiger partial charge on any atom is -0.492 e. The van der Waals surface area contributed by atoms with Crippen molar-refractivity contribution >= 4 is 33.0 Å². The van der Waals surface area contributed by atoms with Crippen LogP contribution in [0, 0.1) is 0 Å². The number of hydrogen-bond acceptors (Lipinski definition) is 6. The second-order valence-corrected chi connectivity index (χ2v) is 9.56. The van der Waals surface area contributed by atoms with Gasteiger partial charge < -0.3 is 20.1 Å². The first kappa shape index (κ1) is 26.2. The molecule has 2 amide bonds. The van der Waals surface area contributed by atoms with Gasteiger partial charge >= 0.3 is 0 Å². The normalized spacial score (nSPS) is 11.0. The van der Waals surface area contributed by atoms with Gasteiger partial charge in [0.05, 0.1) is 30.3 Å². The molecular formula is C24H32N2O6S. The quantitative estimate of drug-likeness (QED) is 0.418. The smallest absolute Gasteiger partial charge is 0.255 e. The number of anilines is 2. The van der Waals surface area contributed by atoms with Crippen LogP contribution in [0.25, 0.3) is 0 Å². The maximum Gasteiger partial charge on any atom is 0.255 e. The zero-order valence-corrected chi connectivity index (χ0v) is 20.2. The lowest BCUT2D eigenvalue weighted by Crippen LogP contribution is -2.25. The van der Waals surface area contributed by atoms with Crippen LogP contribution < -0.4 is 20.1 Å². The van der Waals surface area contributed by atoms with Crippen LogP contribution in [0.3, 0.4) is 0 Å². The second kappa shape index (κ2) is 12.8. The van der Waals surface area contributed by atoms with E-state index in [4.69, 9.17) is 9.47 Å². The molecule has 0 aliphatic heterocycles. The van der Waals surface area contributed by atoms with Crippen LogP contribution in [-0.2, 0) is 14.6 Å². The van der Waals surface area contributed by atoms with Crippen LogP contribution in [0.15, 0.2) is 42.5 Å². The molecule has 0 saturated heterocycles. The molecule has 0 heterocycles. The Labute approximate surface area is 195 Å². The molecule has 2 aromatic rings. The maximum absolute atomic E-state index is 12.6. The fraction of sp³-hybridized carbons (Fsp3) is 0.417. The number of sulfone groups is 1. The molecule has 0 aliphatic carbocycles. The van der Waals surface area contributed by atoms with Crippen LogP contribution >= 0.6 is 0 Å². The predicted octanol–water partition coefficient (Wildman–Crippen LogP) is 4.28. The van der Waals surface area contributed by atoms with E-state index in [1.54, 1.807) is 44.2 Å². The van der Waals surface area contributed by atoms with Crippen LogP contribution in [0.2, 0.25) is 0 Å². The molecule has 2 aromatic carbocycles. The molecule has 0 atom stereocenters. The highest BCUT2D eigenvalue weighted by Crippen LogP contribution is 2.37. The van der Waals surface area contributed by atoms with E-state index in [0.29, 0.717) is 42.4 Å². The number of hydrogen-bond donors (Lipinski definition) is 2. The summed E-state index contributed by atoms with van der Waals surface area (Å²) >= 11 is 0. The van der Waals surface area contributed by atoms with Gasteiger partial charge in [-0.1, -0.05) is 38.0 Å². The van der Waals surface area contributed by atoms with Gasteiger partial charge in [-0.15, -0.1) is 0 Å². The minimum atomic E-state index is -3.51. The highest BCUT2D eigenvalue weighted by molar-refractivity contribution is 7.92. The van der Waals surface area contributed by atoms with E-state index in [-0.39, 0.29) is 17.3 Å². The third kappa shape index (κ3) is 8.42. The summed E-state index contributed by atoms with van der Waals surface area (Å²) in [6.45, 7) is 6.18. The van der Waals surface area contributed by atoms with Crippen LogP contribution in [0.5, 0.6) is 11.5 Å². The first-order valence-corrected chi connectivity index (χ1v) is 12.9. The Kier molecular flexibility index (Phi) is 10.2.